The lowest BCUT2D eigenvalue weighted by atomic mass is 10.0. The molecule has 170 valence electrons. The molecule has 1 atom stereocenters. The van der Waals surface area contributed by atoms with Crippen LogP contribution in [0.5, 0.6) is 5.75 Å². The SMILES string of the molecule is CN(Cc1cccc(OCC(O)CN2CCCCCC2)c1)Cc1nc2c(s1)CCCC2. The number of β-amino-alcohol motifs (C(OH)–C–C–N with tert-alkyl or cyclic N) is 1. The lowest BCUT2D eigenvalue weighted by Crippen LogP contribution is -2.36. The minimum Gasteiger partial charge on any atom is -0.491 e. The molecule has 2 aromatic rings. The van der Waals surface area contributed by atoms with E-state index in [1.54, 1.807) is 0 Å². The van der Waals surface area contributed by atoms with Crippen LogP contribution in [0.1, 0.15) is 59.7 Å². The van der Waals surface area contributed by atoms with Crippen molar-refractivity contribution >= 4 is 11.3 Å². The van der Waals surface area contributed by atoms with Crippen molar-refractivity contribution in [2.75, 3.05) is 33.3 Å². The van der Waals surface area contributed by atoms with Crippen LogP contribution in [-0.2, 0) is 25.9 Å². The molecule has 5 nitrogen and oxygen atoms in total. The second-order valence-electron chi connectivity index (χ2n) is 9.18. The number of nitrogens with zero attached hydrogens (tertiary/aromatic N) is 3. The summed E-state index contributed by atoms with van der Waals surface area (Å²) < 4.78 is 5.93. The zero-order chi connectivity index (χ0) is 21.5. The van der Waals surface area contributed by atoms with Crippen molar-refractivity contribution < 1.29 is 9.84 Å². The summed E-state index contributed by atoms with van der Waals surface area (Å²) in [6, 6.07) is 8.27. The van der Waals surface area contributed by atoms with Gasteiger partial charge in [-0.3, -0.25) is 4.90 Å². The molecule has 0 amide bonds. The molecule has 2 heterocycles. The van der Waals surface area contributed by atoms with Crippen molar-refractivity contribution in [2.45, 2.75) is 70.6 Å². The van der Waals surface area contributed by atoms with E-state index < -0.39 is 6.10 Å². The molecule has 1 unspecified atom stereocenters. The highest BCUT2D eigenvalue weighted by molar-refractivity contribution is 7.11. The van der Waals surface area contributed by atoms with Crippen molar-refractivity contribution in [1.82, 2.24) is 14.8 Å². The van der Waals surface area contributed by atoms with E-state index in [2.05, 4.69) is 29.0 Å². The second kappa shape index (κ2) is 11.4. The van der Waals surface area contributed by atoms with Crippen LogP contribution in [0.15, 0.2) is 24.3 Å². The Morgan fingerprint density at radius 1 is 1.10 bits per heavy atom. The monoisotopic (exact) mass is 443 g/mol. The molecular formula is C25H37N3O2S. The Hall–Kier alpha value is -1.47. The fourth-order valence-corrected chi connectivity index (χ4v) is 5.90. The molecule has 1 aromatic carbocycles. The largest absolute Gasteiger partial charge is 0.491 e. The van der Waals surface area contributed by atoms with Gasteiger partial charge >= 0.3 is 0 Å². The Kier molecular flexibility index (Phi) is 8.36. The van der Waals surface area contributed by atoms with Crippen molar-refractivity contribution in [3.8, 4) is 5.75 Å². The summed E-state index contributed by atoms with van der Waals surface area (Å²) in [5, 5.41) is 11.7. The molecule has 1 saturated heterocycles. The zero-order valence-electron chi connectivity index (χ0n) is 18.9. The molecule has 31 heavy (non-hydrogen) atoms. The molecule has 0 saturated carbocycles. The molecule has 1 aliphatic heterocycles. The number of aryl methyl sites for hydroxylation is 2. The molecule has 0 bridgehead atoms. The van der Waals surface area contributed by atoms with Crippen molar-refractivity contribution in [3.63, 3.8) is 0 Å². The van der Waals surface area contributed by atoms with E-state index in [0.717, 1.165) is 38.3 Å². The highest BCUT2D eigenvalue weighted by Gasteiger charge is 2.17. The van der Waals surface area contributed by atoms with Crippen LogP contribution in [0.4, 0.5) is 0 Å². The van der Waals surface area contributed by atoms with Crippen molar-refractivity contribution in [1.29, 1.82) is 0 Å². The number of aromatic nitrogens is 1. The second-order valence-corrected chi connectivity index (χ2v) is 10.4. The van der Waals surface area contributed by atoms with Crippen LogP contribution in [-0.4, -0.2) is 59.3 Å². The number of rotatable bonds is 9. The smallest absolute Gasteiger partial charge is 0.119 e. The lowest BCUT2D eigenvalue weighted by molar-refractivity contribution is 0.0693. The van der Waals surface area contributed by atoms with Gasteiger partial charge in [0.2, 0.25) is 0 Å². The van der Waals surface area contributed by atoms with Gasteiger partial charge in [-0.15, -0.1) is 11.3 Å². The number of likely N-dealkylation sites (tertiary alicyclic amines) is 1. The number of hydrogen-bond acceptors (Lipinski definition) is 6. The van der Waals surface area contributed by atoms with Crippen LogP contribution in [0.25, 0.3) is 0 Å². The van der Waals surface area contributed by atoms with Gasteiger partial charge in [0.15, 0.2) is 0 Å². The summed E-state index contributed by atoms with van der Waals surface area (Å²) >= 11 is 1.89. The molecule has 2 aliphatic rings. The molecule has 1 fully saturated rings. The summed E-state index contributed by atoms with van der Waals surface area (Å²) in [5.41, 5.74) is 2.57. The van der Waals surface area contributed by atoms with E-state index >= 15 is 0 Å². The van der Waals surface area contributed by atoms with Gasteiger partial charge in [-0.05, 0) is 76.4 Å². The molecule has 1 aromatic heterocycles. The van der Waals surface area contributed by atoms with Gasteiger partial charge in [0.25, 0.3) is 0 Å². The molecule has 4 rings (SSSR count). The number of benzene rings is 1. The van der Waals surface area contributed by atoms with Crippen LogP contribution in [0.3, 0.4) is 0 Å². The normalized spacial score (nSPS) is 18.5. The Morgan fingerprint density at radius 3 is 2.71 bits per heavy atom. The molecule has 0 spiro atoms. The summed E-state index contributed by atoms with van der Waals surface area (Å²) in [4.78, 5) is 11.1. The third kappa shape index (κ3) is 7.01. The third-order valence-corrected chi connectivity index (χ3v) is 7.40. The van der Waals surface area contributed by atoms with E-state index in [4.69, 9.17) is 9.72 Å². The molecular weight excluding hydrogens is 406 g/mol. The van der Waals surface area contributed by atoms with Crippen LogP contribution >= 0.6 is 11.3 Å². The Labute approximate surface area is 191 Å². The highest BCUT2D eigenvalue weighted by atomic mass is 32.1. The maximum Gasteiger partial charge on any atom is 0.119 e. The Morgan fingerprint density at radius 2 is 1.90 bits per heavy atom. The Bertz CT molecular complexity index is 793. The quantitative estimate of drug-likeness (QED) is 0.627. The number of aliphatic hydroxyl groups excluding tert-OH is 1. The highest BCUT2D eigenvalue weighted by Crippen LogP contribution is 2.27. The van der Waals surface area contributed by atoms with E-state index in [-0.39, 0.29) is 0 Å². The summed E-state index contributed by atoms with van der Waals surface area (Å²) in [7, 11) is 2.15. The summed E-state index contributed by atoms with van der Waals surface area (Å²) in [6.07, 6.45) is 9.62. The predicted molar refractivity (Wildman–Crippen MR) is 127 cm³/mol. The van der Waals surface area contributed by atoms with Crippen molar-refractivity contribution in [2.24, 2.45) is 0 Å². The summed E-state index contributed by atoms with van der Waals surface area (Å²) in [6.45, 7) is 5.00. The minimum absolute atomic E-state index is 0.348. The third-order valence-electron chi connectivity index (χ3n) is 6.26. The number of thiazole rings is 1. The van der Waals surface area contributed by atoms with Crippen LogP contribution in [0, 0.1) is 0 Å². The fraction of sp³-hybridized carbons (Fsp3) is 0.640. The Balaban J connectivity index is 1.24. The average Bonchev–Trinajstić information content (AvgIpc) is 2.98. The standard InChI is InChI=1S/C25H37N3O2S/c1-27(18-25-26-23-11-4-5-12-24(23)31-25)16-20-9-8-10-22(15-20)30-19-21(29)17-28-13-6-2-3-7-14-28/h8-10,15,21,29H,2-7,11-14,16-19H2,1H3. The predicted octanol–water partition coefficient (Wildman–Crippen LogP) is 4.27. The average molecular weight is 444 g/mol. The number of fused-ring (bicyclic) bond motifs is 1. The number of ether oxygens (including phenoxy) is 1. The van der Waals surface area contributed by atoms with Crippen LogP contribution in [0.2, 0.25) is 0 Å². The topological polar surface area (TPSA) is 48.8 Å². The van der Waals surface area contributed by atoms with E-state index in [9.17, 15) is 5.11 Å². The van der Waals surface area contributed by atoms with Gasteiger partial charge in [-0.2, -0.15) is 0 Å². The molecule has 0 radical (unpaired) electrons. The van der Waals surface area contributed by atoms with E-state index in [0.29, 0.717) is 13.2 Å². The summed E-state index contributed by atoms with van der Waals surface area (Å²) in [5.74, 6) is 0.838. The maximum atomic E-state index is 10.4. The van der Waals surface area contributed by atoms with E-state index in [1.807, 2.05) is 23.5 Å². The number of aliphatic hydroxyl groups is 1. The van der Waals surface area contributed by atoms with Gasteiger partial charge in [0.1, 0.15) is 23.5 Å². The van der Waals surface area contributed by atoms with Crippen molar-refractivity contribution in [3.05, 3.63) is 45.4 Å². The molecule has 1 N–H and O–H groups in total. The zero-order valence-corrected chi connectivity index (χ0v) is 19.7. The molecule has 1 aliphatic carbocycles. The molecule has 6 heteroatoms. The number of hydrogen-bond donors (Lipinski definition) is 1. The first-order valence-corrected chi connectivity index (χ1v) is 12.8. The van der Waals surface area contributed by atoms with Crippen LogP contribution < -0.4 is 4.74 Å². The van der Waals surface area contributed by atoms with E-state index in [1.165, 1.54) is 66.1 Å². The van der Waals surface area contributed by atoms with Gasteiger partial charge in [0.05, 0.1) is 12.2 Å². The van der Waals surface area contributed by atoms with Gasteiger partial charge in [-0.1, -0.05) is 25.0 Å². The van der Waals surface area contributed by atoms with Gasteiger partial charge in [-0.25, -0.2) is 4.98 Å². The minimum atomic E-state index is -0.444. The first-order chi connectivity index (χ1) is 15.2. The van der Waals surface area contributed by atoms with Gasteiger partial charge < -0.3 is 14.7 Å². The first kappa shape index (κ1) is 22.7. The lowest BCUT2D eigenvalue weighted by Gasteiger charge is -2.23. The maximum absolute atomic E-state index is 10.4. The van der Waals surface area contributed by atoms with Gasteiger partial charge in [0, 0.05) is 18.0 Å². The fourth-order valence-electron chi connectivity index (χ4n) is 4.67. The first-order valence-electron chi connectivity index (χ1n) is 11.9.